The Labute approximate surface area is 147 Å². The first-order chi connectivity index (χ1) is 12.1. The minimum Gasteiger partial charge on any atom is -0.493 e. The van der Waals surface area contributed by atoms with Crippen LogP contribution in [0.3, 0.4) is 0 Å². The van der Waals surface area contributed by atoms with Crippen molar-refractivity contribution in [3.05, 3.63) is 57.8 Å². The first-order valence-electron chi connectivity index (χ1n) is 7.54. The zero-order chi connectivity index (χ0) is 17.6. The van der Waals surface area contributed by atoms with Crippen molar-refractivity contribution in [3.8, 4) is 22.8 Å². The standard InChI is InChI=1S/C18H14ClN3O3/c1-24-15-7-12-14(8-16(15)25-2)21-22-17(23)9-13(20-18(12)22)10-3-5-11(19)6-4-10/h3-9,21H,1-2H3. The number of ether oxygens (including phenoxy) is 2. The monoisotopic (exact) mass is 355 g/mol. The Balaban J connectivity index is 2.02. The van der Waals surface area contributed by atoms with Gasteiger partial charge in [0.2, 0.25) is 0 Å². The largest absolute Gasteiger partial charge is 0.493 e. The Morgan fingerprint density at radius 2 is 1.72 bits per heavy atom. The molecular weight excluding hydrogens is 342 g/mol. The quantitative estimate of drug-likeness (QED) is 0.610. The normalized spacial score (nSPS) is 11.2. The lowest BCUT2D eigenvalue weighted by molar-refractivity contribution is 0.356. The molecule has 0 unspecified atom stereocenters. The van der Waals surface area contributed by atoms with Crippen molar-refractivity contribution < 1.29 is 9.47 Å². The van der Waals surface area contributed by atoms with Gasteiger partial charge in [0.15, 0.2) is 17.1 Å². The number of benzene rings is 2. The average molecular weight is 356 g/mol. The Kier molecular flexibility index (Phi) is 3.62. The average Bonchev–Trinajstić information content (AvgIpc) is 2.99. The van der Waals surface area contributed by atoms with E-state index in [4.69, 9.17) is 21.1 Å². The van der Waals surface area contributed by atoms with Gasteiger partial charge in [0.1, 0.15) is 0 Å². The first-order valence-corrected chi connectivity index (χ1v) is 7.92. The Bertz CT molecular complexity index is 1150. The van der Waals surface area contributed by atoms with E-state index < -0.39 is 0 Å². The summed E-state index contributed by atoms with van der Waals surface area (Å²) >= 11 is 5.93. The second kappa shape index (κ2) is 5.82. The lowest BCUT2D eigenvalue weighted by Gasteiger charge is -2.06. The molecule has 0 amide bonds. The maximum Gasteiger partial charge on any atom is 0.273 e. The van der Waals surface area contributed by atoms with Crippen LogP contribution in [0, 0.1) is 0 Å². The van der Waals surface area contributed by atoms with Crippen LogP contribution in [-0.4, -0.2) is 28.8 Å². The molecule has 4 aromatic rings. The minimum atomic E-state index is -0.205. The maximum absolute atomic E-state index is 12.5. The van der Waals surface area contributed by atoms with Crippen LogP contribution < -0.4 is 15.0 Å². The van der Waals surface area contributed by atoms with Crippen molar-refractivity contribution in [2.75, 3.05) is 14.2 Å². The Morgan fingerprint density at radius 1 is 1.04 bits per heavy atom. The molecule has 2 aromatic heterocycles. The van der Waals surface area contributed by atoms with Gasteiger partial charge in [-0.05, 0) is 18.2 Å². The molecule has 0 aliphatic carbocycles. The molecule has 0 fully saturated rings. The summed E-state index contributed by atoms with van der Waals surface area (Å²) in [6, 6.07) is 12.3. The number of H-pyrrole nitrogens is 1. The van der Waals surface area contributed by atoms with Gasteiger partial charge < -0.3 is 9.47 Å². The van der Waals surface area contributed by atoms with Crippen LogP contribution in [0.1, 0.15) is 0 Å². The van der Waals surface area contributed by atoms with Crippen molar-refractivity contribution in [1.29, 1.82) is 0 Å². The molecule has 0 saturated heterocycles. The lowest BCUT2D eigenvalue weighted by atomic mass is 10.1. The van der Waals surface area contributed by atoms with Crippen molar-refractivity contribution in [1.82, 2.24) is 14.6 Å². The van der Waals surface area contributed by atoms with Crippen molar-refractivity contribution >= 4 is 28.2 Å². The molecule has 2 heterocycles. The second-order valence-corrected chi connectivity index (χ2v) is 5.95. The number of methoxy groups -OCH3 is 2. The van der Waals surface area contributed by atoms with E-state index in [2.05, 4.69) is 10.1 Å². The van der Waals surface area contributed by atoms with Gasteiger partial charge in [0.25, 0.3) is 5.56 Å². The molecule has 0 aliphatic heterocycles. The molecule has 0 radical (unpaired) electrons. The predicted molar refractivity (Wildman–Crippen MR) is 96.9 cm³/mol. The van der Waals surface area contributed by atoms with Gasteiger partial charge in [-0.2, -0.15) is 0 Å². The third-order valence-corrected chi connectivity index (χ3v) is 4.31. The number of halogens is 1. The van der Waals surface area contributed by atoms with Crippen molar-refractivity contribution in [2.45, 2.75) is 0 Å². The fourth-order valence-corrected chi connectivity index (χ4v) is 2.94. The van der Waals surface area contributed by atoms with Crippen molar-refractivity contribution in [2.24, 2.45) is 0 Å². The van der Waals surface area contributed by atoms with Gasteiger partial charge in [-0.1, -0.05) is 23.7 Å². The summed E-state index contributed by atoms with van der Waals surface area (Å²) < 4.78 is 12.1. The number of hydrogen-bond donors (Lipinski definition) is 1. The fraction of sp³-hybridized carbons (Fsp3) is 0.111. The Morgan fingerprint density at radius 3 is 2.40 bits per heavy atom. The molecule has 0 saturated carbocycles. The molecule has 1 N–H and O–H groups in total. The fourth-order valence-electron chi connectivity index (χ4n) is 2.82. The highest BCUT2D eigenvalue weighted by atomic mass is 35.5. The first kappa shape index (κ1) is 15.5. The molecular formula is C18H14ClN3O3. The number of fused-ring (bicyclic) bond motifs is 3. The summed E-state index contributed by atoms with van der Waals surface area (Å²) in [5, 5.41) is 4.44. The minimum absolute atomic E-state index is 0.205. The van der Waals surface area contributed by atoms with E-state index in [-0.39, 0.29) is 5.56 Å². The van der Waals surface area contributed by atoms with Crippen LogP contribution in [0.2, 0.25) is 5.02 Å². The molecule has 0 spiro atoms. The zero-order valence-corrected chi connectivity index (χ0v) is 14.3. The van der Waals surface area contributed by atoms with Gasteiger partial charge >= 0.3 is 0 Å². The third-order valence-electron chi connectivity index (χ3n) is 4.06. The summed E-state index contributed by atoms with van der Waals surface area (Å²) in [7, 11) is 3.13. The number of aromatic amines is 1. The van der Waals surface area contributed by atoms with E-state index in [0.29, 0.717) is 27.9 Å². The van der Waals surface area contributed by atoms with Crippen LogP contribution >= 0.6 is 11.6 Å². The van der Waals surface area contributed by atoms with Gasteiger partial charge in [-0.3, -0.25) is 9.89 Å². The van der Waals surface area contributed by atoms with Crippen LogP contribution in [0.15, 0.2) is 47.3 Å². The van der Waals surface area contributed by atoms with Gasteiger partial charge in [-0.15, -0.1) is 0 Å². The molecule has 25 heavy (non-hydrogen) atoms. The smallest absolute Gasteiger partial charge is 0.273 e. The van der Waals surface area contributed by atoms with Gasteiger partial charge in [0, 0.05) is 28.1 Å². The van der Waals surface area contributed by atoms with Crippen molar-refractivity contribution in [3.63, 3.8) is 0 Å². The molecule has 0 aliphatic rings. The van der Waals surface area contributed by atoms with Crippen LogP contribution in [0.25, 0.3) is 27.8 Å². The van der Waals surface area contributed by atoms with Crippen LogP contribution in [-0.2, 0) is 0 Å². The molecule has 0 bridgehead atoms. The number of rotatable bonds is 3. The molecule has 126 valence electrons. The highest BCUT2D eigenvalue weighted by Gasteiger charge is 2.14. The van der Waals surface area contributed by atoms with E-state index in [9.17, 15) is 4.79 Å². The van der Waals surface area contributed by atoms with E-state index in [1.165, 1.54) is 10.6 Å². The Hall–Kier alpha value is -2.99. The highest BCUT2D eigenvalue weighted by Crippen LogP contribution is 2.33. The predicted octanol–water partition coefficient (Wildman–Crippen LogP) is 3.51. The van der Waals surface area contributed by atoms with Gasteiger partial charge in [-0.25, -0.2) is 9.50 Å². The summed E-state index contributed by atoms with van der Waals surface area (Å²) in [5.74, 6) is 1.15. The lowest BCUT2D eigenvalue weighted by Crippen LogP contribution is -2.14. The zero-order valence-electron chi connectivity index (χ0n) is 13.5. The highest BCUT2D eigenvalue weighted by molar-refractivity contribution is 6.30. The summed E-state index contributed by atoms with van der Waals surface area (Å²) in [5.41, 5.74) is 2.45. The summed E-state index contributed by atoms with van der Waals surface area (Å²) in [6.07, 6.45) is 0. The van der Waals surface area contributed by atoms with E-state index >= 15 is 0 Å². The van der Waals surface area contributed by atoms with Crippen LogP contribution in [0.4, 0.5) is 0 Å². The molecule has 6 nitrogen and oxygen atoms in total. The topological polar surface area (TPSA) is 68.6 Å². The molecule has 0 atom stereocenters. The number of nitrogens with one attached hydrogen (secondary N) is 1. The molecule has 7 heteroatoms. The van der Waals surface area contributed by atoms with E-state index in [1.807, 2.05) is 12.1 Å². The number of nitrogens with zero attached hydrogens (tertiary/aromatic N) is 2. The number of hydrogen-bond acceptors (Lipinski definition) is 4. The van der Waals surface area contributed by atoms with Gasteiger partial charge in [0.05, 0.1) is 25.4 Å². The summed E-state index contributed by atoms with van der Waals surface area (Å²) in [4.78, 5) is 17.2. The van der Waals surface area contributed by atoms with E-state index in [0.717, 1.165) is 16.5 Å². The second-order valence-electron chi connectivity index (χ2n) is 5.51. The van der Waals surface area contributed by atoms with E-state index in [1.54, 1.807) is 38.5 Å². The number of aromatic nitrogens is 3. The SMILES string of the molecule is COc1cc2[nH]n3c(=O)cc(-c4ccc(Cl)cc4)nc3c2cc1OC. The molecule has 2 aromatic carbocycles. The summed E-state index contributed by atoms with van der Waals surface area (Å²) in [6.45, 7) is 0. The molecule has 4 rings (SSSR count). The van der Waals surface area contributed by atoms with Crippen LogP contribution in [0.5, 0.6) is 11.5 Å². The third kappa shape index (κ3) is 2.51. The maximum atomic E-state index is 12.5.